The monoisotopic (exact) mass is 199 g/mol. The molecule has 0 fully saturated rings. The highest BCUT2D eigenvalue weighted by molar-refractivity contribution is 5.69. The van der Waals surface area contributed by atoms with Crippen LogP contribution in [-0.4, -0.2) is 9.97 Å². The van der Waals surface area contributed by atoms with Gasteiger partial charge in [0, 0.05) is 23.5 Å². The third kappa shape index (κ3) is 1.67. The molecule has 0 atom stereocenters. The topological polar surface area (TPSA) is 49.6 Å². The molecular formula is C11H6FN3. The summed E-state index contributed by atoms with van der Waals surface area (Å²) in [6.07, 6.45) is 4.47. The van der Waals surface area contributed by atoms with Crippen LogP contribution >= 0.6 is 0 Å². The summed E-state index contributed by atoms with van der Waals surface area (Å²) in [5, 5.41) is 8.83. The number of hydrogen-bond donors (Lipinski definition) is 0. The first kappa shape index (κ1) is 9.28. The summed E-state index contributed by atoms with van der Waals surface area (Å²) in [6.45, 7) is 0. The Labute approximate surface area is 85.9 Å². The number of benzene rings is 1. The van der Waals surface area contributed by atoms with Crippen LogP contribution in [0.3, 0.4) is 0 Å². The summed E-state index contributed by atoms with van der Waals surface area (Å²) >= 11 is 0. The number of nitriles is 1. The minimum Gasteiger partial charge on any atom is -0.244 e. The zero-order valence-corrected chi connectivity index (χ0v) is 7.68. The van der Waals surface area contributed by atoms with Crippen LogP contribution in [0.25, 0.3) is 11.1 Å². The molecule has 0 aliphatic heterocycles. The van der Waals surface area contributed by atoms with Crippen molar-refractivity contribution < 1.29 is 4.39 Å². The second-order valence-corrected chi connectivity index (χ2v) is 2.90. The number of nitrogens with zero attached hydrogens (tertiary/aromatic N) is 3. The highest BCUT2D eigenvalue weighted by atomic mass is 19.1. The molecule has 0 amide bonds. The van der Waals surface area contributed by atoms with Crippen molar-refractivity contribution in [3.05, 3.63) is 48.3 Å². The predicted octanol–water partition coefficient (Wildman–Crippen LogP) is 2.15. The van der Waals surface area contributed by atoms with Crippen LogP contribution in [0.5, 0.6) is 0 Å². The summed E-state index contributed by atoms with van der Waals surface area (Å²) in [4.78, 5) is 7.65. The van der Waals surface area contributed by atoms with Gasteiger partial charge in [0.2, 0.25) is 0 Å². The molecule has 0 aliphatic rings. The molecule has 0 spiro atoms. The van der Waals surface area contributed by atoms with Crippen LogP contribution < -0.4 is 0 Å². The lowest BCUT2D eigenvalue weighted by Gasteiger charge is -2.02. The molecule has 2 rings (SSSR count). The van der Waals surface area contributed by atoms with Crippen molar-refractivity contribution >= 4 is 0 Å². The third-order valence-electron chi connectivity index (χ3n) is 2.00. The average Bonchev–Trinajstić information content (AvgIpc) is 2.30. The highest BCUT2D eigenvalue weighted by Gasteiger charge is 2.09. The second kappa shape index (κ2) is 3.84. The Balaban J connectivity index is 2.65. The quantitative estimate of drug-likeness (QED) is 0.707. The SMILES string of the molecule is N#Cc1c(F)cccc1-c1cncnc1. The highest BCUT2D eigenvalue weighted by Crippen LogP contribution is 2.23. The molecule has 3 nitrogen and oxygen atoms in total. The molecule has 2 aromatic rings. The van der Waals surface area contributed by atoms with Gasteiger partial charge < -0.3 is 0 Å². The summed E-state index contributed by atoms with van der Waals surface area (Å²) in [5.41, 5.74) is 1.17. The Bertz CT molecular complexity index is 517. The van der Waals surface area contributed by atoms with Crippen molar-refractivity contribution in [2.75, 3.05) is 0 Å². The summed E-state index contributed by atoms with van der Waals surface area (Å²) in [6, 6.07) is 6.31. The maximum absolute atomic E-state index is 13.3. The molecule has 72 valence electrons. The normalized spacial score (nSPS) is 9.60. The van der Waals surface area contributed by atoms with Gasteiger partial charge in [-0.05, 0) is 6.07 Å². The van der Waals surface area contributed by atoms with Gasteiger partial charge in [0.1, 0.15) is 18.2 Å². The minimum absolute atomic E-state index is 0.0206. The molecule has 1 aromatic carbocycles. The first-order valence-corrected chi connectivity index (χ1v) is 4.27. The van der Waals surface area contributed by atoms with Crippen molar-refractivity contribution in [1.82, 2.24) is 9.97 Å². The first-order valence-electron chi connectivity index (χ1n) is 4.27. The summed E-state index contributed by atoms with van der Waals surface area (Å²) < 4.78 is 13.3. The lowest BCUT2D eigenvalue weighted by molar-refractivity contribution is 0.624. The second-order valence-electron chi connectivity index (χ2n) is 2.90. The van der Waals surface area contributed by atoms with Crippen LogP contribution in [0, 0.1) is 17.1 Å². The van der Waals surface area contributed by atoms with Crippen LogP contribution in [0.4, 0.5) is 4.39 Å². The van der Waals surface area contributed by atoms with E-state index in [4.69, 9.17) is 5.26 Å². The van der Waals surface area contributed by atoms with Crippen LogP contribution in [0.1, 0.15) is 5.56 Å². The van der Waals surface area contributed by atoms with Gasteiger partial charge in [-0.25, -0.2) is 14.4 Å². The van der Waals surface area contributed by atoms with Crippen molar-refractivity contribution in [3.63, 3.8) is 0 Å². The zero-order valence-electron chi connectivity index (χ0n) is 7.68. The van der Waals surface area contributed by atoms with E-state index in [1.165, 1.54) is 12.4 Å². The number of aromatic nitrogens is 2. The van der Waals surface area contributed by atoms with E-state index in [-0.39, 0.29) is 5.56 Å². The van der Waals surface area contributed by atoms with Gasteiger partial charge in [-0.1, -0.05) is 12.1 Å². The lowest BCUT2D eigenvalue weighted by Crippen LogP contribution is -1.90. The molecule has 1 aromatic heterocycles. The molecule has 0 radical (unpaired) electrons. The number of rotatable bonds is 1. The number of hydrogen-bond acceptors (Lipinski definition) is 3. The van der Waals surface area contributed by atoms with Crippen LogP contribution in [-0.2, 0) is 0 Å². The maximum Gasteiger partial charge on any atom is 0.141 e. The fraction of sp³-hybridized carbons (Fsp3) is 0. The first-order chi connectivity index (χ1) is 7.33. The predicted molar refractivity (Wildman–Crippen MR) is 52.1 cm³/mol. The van der Waals surface area contributed by atoms with Gasteiger partial charge in [-0.15, -0.1) is 0 Å². The fourth-order valence-corrected chi connectivity index (χ4v) is 1.32. The van der Waals surface area contributed by atoms with E-state index in [0.29, 0.717) is 11.1 Å². The van der Waals surface area contributed by atoms with Gasteiger partial charge >= 0.3 is 0 Å². The van der Waals surface area contributed by atoms with Gasteiger partial charge in [0.05, 0.1) is 5.56 Å². The van der Waals surface area contributed by atoms with E-state index in [0.717, 1.165) is 0 Å². The van der Waals surface area contributed by atoms with E-state index in [2.05, 4.69) is 9.97 Å². The minimum atomic E-state index is -0.529. The van der Waals surface area contributed by atoms with E-state index >= 15 is 0 Å². The average molecular weight is 199 g/mol. The number of halogens is 1. The largest absolute Gasteiger partial charge is 0.244 e. The van der Waals surface area contributed by atoms with Crippen LogP contribution in [0.2, 0.25) is 0 Å². The molecule has 0 saturated carbocycles. The molecule has 0 aliphatic carbocycles. The molecule has 0 bridgehead atoms. The molecule has 15 heavy (non-hydrogen) atoms. The molecule has 1 heterocycles. The maximum atomic E-state index is 13.3. The van der Waals surface area contributed by atoms with Crippen molar-refractivity contribution in [2.45, 2.75) is 0 Å². The fourth-order valence-electron chi connectivity index (χ4n) is 1.32. The smallest absolute Gasteiger partial charge is 0.141 e. The van der Waals surface area contributed by atoms with Gasteiger partial charge in [-0.2, -0.15) is 5.26 Å². The van der Waals surface area contributed by atoms with Crippen molar-refractivity contribution in [2.24, 2.45) is 0 Å². The Morgan fingerprint density at radius 1 is 1.20 bits per heavy atom. The molecule has 0 N–H and O–H groups in total. The zero-order chi connectivity index (χ0) is 10.7. The van der Waals surface area contributed by atoms with E-state index in [1.54, 1.807) is 24.5 Å². The Morgan fingerprint density at radius 2 is 1.93 bits per heavy atom. The van der Waals surface area contributed by atoms with E-state index in [9.17, 15) is 4.39 Å². The van der Waals surface area contributed by atoms with Gasteiger partial charge in [0.15, 0.2) is 0 Å². The van der Waals surface area contributed by atoms with Gasteiger partial charge in [-0.3, -0.25) is 0 Å². The third-order valence-corrected chi connectivity index (χ3v) is 2.00. The lowest BCUT2D eigenvalue weighted by atomic mass is 10.0. The standard InChI is InChI=1S/C11H6FN3/c12-11-3-1-2-9(10(11)4-13)8-5-14-7-15-6-8/h1-3,5-7H. The molecule has 4 heteroatoms. The molecule has 0 unspecified atom stereocenters. The Morgan fingerprint density at radius 3 is 2.60 bits per heavy atom. The van der Waals surface area contributed by atoms with Crippen molar-refractivity contribution in [1.29, 1.82) is 5.26 Å². The summed E-state index contributed by atoms with van der Waals surface area (Å²) in [5.74, 6) is -0.529. The summed E-state index contributed by atoms with van der Waals surface area (Å²) in [7, 11) is 0. The van der Waals surface area contributed by atoms with Gasteiger partial charge in [0.25, 0.3) is 0 Å². The van der Waals surface area contributed by atoms with E-state index in [1.807, 2.05) is 6.07 Å². The Kier molecular flexibility index (Phi) is 2.38. The van der Waals surface area contributed by atoms with E-state index < -0.39 is 5.82 Å². The van der Waals surface area contributed by atoms with Crippen molar-refractivity contribution in [3.8, 4) is 17.2 Å². The Hall–Kier alpha value is -2.28. The molecule has 0 saturated heterocycles. The molecular weight excluding hydrogens is 193 g/mol. The van der Waals surface area contributed by atoms with Crippen LogP contribution in [0.15, 0.2) is 36.9 Å².